The molecular weight excluding hydrogens is 456 g/mol. The Bertz CT molecular complexity index is 1360. The number of anilines is 1. The van der Waals surface area contributed by atoms with E-state index in [0.717, 1.165) is 48.4 Å². The largest absolute Gasteiger partial charge is 0.493 e. The number of ether oxygens (including phenoxy) is 2. The van der Waals surface area contributed by atoms with Gasteiger partial charge in [0.1, 0.15) is 12.1 Å². The van der Waals surface area contributed by atoms with Crippen LogP contribution in [-0.4, -0.2) is 53.0 Å². The highest BCUT2D eigenvalue weighted by molar-refractivity contribution is 5.87. The highest BCUT2D eigenvalue weighted by atomic mass is 16.5. The van der Waals surface area contributed by atoms with Crippen LogP contribution in [0.3, 0.4) is 0 Å². The van der Waals surface area contributed by atoms with Crippen LogP contribution in [0.2, 0.25) is 0 Å². The van der Waals surface area contributed by atoms with E-state index in [4.69, 9.17) is 9.47 Å². The summed E-state index contributed by atoms with van der Waals surface area (Å²) in [6.45, 7) is 4.00. The molecule has 3 heterocycles. The van der Waals surface area contributed by atoms with Gasteiger partial charge in [-0.25, -0.2) is 14.6 Å². The minimum absolute atomic E-state index is 0.0333. The van der Waals surface area contributed by atoms with Crippen molar-refractivity contribution in [3.05, 3.63) is 66.1 Å². The van der Waals surface area contributed by atoms with Gasteiger partial charge in [0.05, 0.1) is 25.3 Å². The van der Waals surface area contributed by atoms with Crippen LogP contribution in [0.5, 0.6) is 11.5 Å². The van der Waals surface area contributed by atoms with Crippen LogP contribution in [0.15, 0.2) is 55.0 Å². The van der Waals surface area contributed by atoms with E-state index in [2.05, 4.69) is 44.3 Å². The molecule has 0 radical (unpaired) electrons. The molecule has 9 heteroatoms. The number of hydrogen-bond donors (Lipinski definition) is 1. The van der Waals surface area contributed by atoms with Crippen molar-refractivity contribution in [3.8, 4) is 17.2 Å². The minimum atomic E-state index is -0.0333. The Morgan fingerprint density at radius 3 is 2.50 bits per heavy atom. The molecule has 4 aromatic rings. The van der Waals surface area contributed by atoms with Gasteiger partial charge in [0.2, 0.25) is 5.91 Å². The molecule has 0 bridgehead atoms. The summed E-state index contributed by atoms with van der Waals surface area (Å²) in [5, 5.41) is 8.63. The normalized spacial score (nSPS) is 14.1. The molecular formula is C27H30N6O3. The third-order valence-electron chi connectivity index (χ3n) is 6.67. The number of carbonyl (C=O) groups is 1. The molecule has 5 rings (SSSR count). The number of aryl methyl sites for hydroxylation is 1. The van der Waals surface area contributed by atoms with E-state index in [1.807, 2.05) is 41.2 Å². The number of fused-ring (bicyclic) bond motifs is 1. The summed E-state index contributed by atoms with van der Waals surface area (Å²) in [4.78, 5) is 24.0. The molecule has 0 atom stereocenters. The van der Waals surface area contributed by atoms with Crippen LogP contribution in [-0.2, 0) is 11.3 Å². The standard InChI is InChI=1S/C27H30N6O3/c1-18-4-7-21(8-5-18)33-16-22-25(31-33)29-17-30-26(22)32-12-10-20(11-13-32)27(34)28-15-19-6-9-23(35-2)24(14-19)36-3/h4-9,14,16-17,20H,10-13,15H2,1-3H3,(H,28,34). The lowest BCUT2D eigenvalue weighted by atomic mass is 9.95. The Kier molecular flexibility index (Phi) is 6.71. The Morgan fingerprint density at radius 2 is 1.78 bits per heavy atom. The molecule has 1 saturated heterocycles. The first-order valence-corrected chi connectivity index (χ1v) is 12.1. The molecule has 0 spiro atoms. The SMILES string of the molecule is COc1ccc(CNC(=O)C2CCN(c3ncnc4nn(-c5ccc(C)cc5)cc34)CC2)cc1OC. The van der Waals surface area contributed by atoms with Gasteiger partial charge in [0.25, 0.3) is 0 Å². The van der Waals surface area contributed by atoms with Crippen molar-refractivity contribution in [1.29, 1.82) is 0 Å². The molecule has 36 heavy (non-hydrogen) atoms. The number of hydrogen-bond acceptors (Lipinski definition) is 7. The number of nitrogens with zero attached hydrogens (tertiary/aromatic N) is 5. The topological polar surface area (TPSA) is 94.4 Å². The van der Waals surface area contributed by atoms with Crippen LogP contribution >= 0.6 is 0 Å². The van der Waals surface area contributed by atoms with Gasteiger partial charge in [-0.3, -0.25) is 4.79 Å². The molecule has 9 nitrogen and oxygen atoms in total. The van der Waals surface area contributed by atoms with Crippen LogP contribution in [0, 0.1) is 12.8 Å². The fourth-order valence-corrected chi connectivity index (χ4v) is 4.59. The summed E-state index contributed by atoms with van der Waals surface area (Å²) in [5.74, 6) is 2.23. The number of piperidine rings is 1. The molecule has 1 N–H and O–H groups in total. The molecule has 0 unspecified atom stereocenters. The van der Waals surface area contributed by atoms with Crippen LogP contribution in [0.1, 0.15) is 24.0 Å². The van der Waals surface area contributed by atoms with Crippen molar-refractivity contribution < 1.29 is 14.3 Å². The molecule has 1 aliphatic rings. The van der Waals surface area contributed by atoms with Gasteiger partial charge in [-0.15, -0.1) is 5.10 Å². The van der Waals surface area contributed by atoms with Gasteiger partial charge in [-0.05, 0) is 49.6 Å². The lowest BCUT2D eigenvalue weighted by Gasteiger charge is -2.32. The number of aromatic nitrogens is 4. The maximum Gasteiger partial charge on any atom is 0.223 e. The van der Waals surface area contributed by atoms with Gasteiger partial charge in [0.15, 0.2) is 17.1 Å². The zero-order chi connectivity index (χ0) is 25.1. The molecule has 0 aliphatic carbocycles. The van der Waals surface area contributed by atoms with E-state index in [9.17, 15) is 4.79 Å². The molecule has 186 valence electrons. The van der Waals surface area contributed by atoms with Crippen LogP contribution < -0.4 is 19.7 Å². The second-order valence-corrected chi connectivity index (χ2v) is 9.01. The zero-order valence-electron chi connectivity index (χ0n) is 20.8. The van der Waals surface area contributed by atoms with Crippen molar-refractivity contribution >= 4 is 22.8 Å². The van der Waals surface area contributed by atoms with Gasteiger partial charge in [0, 0.05) is 31.7 Å². The fourth-order valence-electron chi connectivity index (χ4n) is 4.59. The molecule has 0 saturated carbocycles. The molecule has 1 fully saturated rings. The van der Waals surface area contributed by atoms with Crippen LogP contribution in [0.25, 0.3) is 16.7 Å². The maximum absolute atomic E-state index is 12.9. The van der Waals surface area contributed by atoms with Gasteiger partial charge < -0.3 is 19.7 Å². The van der Waals surface area contributed by atoms with Gasteiger partial charge in [-0.1, -0.05) is 23.8 Å². The van der Waals surface area contributed by atoms with Gasteiger partial charge >= 0.3 is 0 Å². The molecule has 2 aromatic heterocycles. The third-order valence-corrected chi connectivity index (χ3v) is 6.67. The van der Waals surface area contributed by atoms with E-state index < -0.39 is 0 Å². The first-order valence-electron chi connectivity index (χ1n) is 12.1. The summed E-state index contributed by atoms with van der Waals surface area (Å²) < 4.78 is 12.5. The average molecular weight is 487 g/mol. The summed E-state index contributed by atoms with van der Waals surface area (Å²) in [6.07, 6.45) is 5.06. The van der Waals surface area contributed by atoms with E-state index in [1.54, 1.807) is 20.5 Å². The second kappa shape index (κ2) is 10.2. The predicted molar refractivity (Wildman–Crippen MR) is 138 cm³/mol. The first kappa shape index (κ1) is 23.6. The molecule has 1 amide bonds. The Labute approximate surface area is 210 Å². The third kappa shape index (κ3) is 4.82. The highest BCUT2D eigenvalue weighted by Crippen LogP contribution is 2.29. The number of amides is 1. The van der Waals surface area contributed by atoms with Crippen molar-refractivity contribution in [2.24, 2.45) is 5.92 Å². The van der Waals surface area contributed by atoms with Crippen molar-refractivity contribution in [1.82, 2.24) is 25.1 Å². The molecule has 2 aromatic carbocycles. The van der Waals surface area contributed by atoms with Crippen molar-refractivity contribution in [2.45, 2.75) is 26.3 Å². The minimum Gasteiger partial charge on any atom is -0.493 e. The van der Waals surface area contributed by atoms with E-state index >= 15 is 0 Å². The molecule has 1 aliphatic heterocycles. The van der Waals surface area contributed by atoms with Gasteiger partial charge in [-0.2, -0.15) is 0 Å². The van der Waals surface area contributed by atoms with Crippen LogP contribution in [0.4, 0.5) is 5.82 Å². The first-order chi connectivity index (χ1) is 17.6. The quantitative estimate of drug-likeness (QED) is 0.426. The second-order valence-electron chi connectivity index (χ2n) is 9.01. The maximum atomic E-state index is 12.9. The highest BCUT2D eigenvalue weighted by Gasteiger charge is 2.27. The lowest BCUT2D eigenvalue weighted by Crippen LogP contribution is -2.40. The summed E-state index contributed by atoms with van der Waals surface area (Å²) in [6, 6.07) is 13.9. The Balaban J connectivity index is 1.22. The zero-order valence-corrected chi connectivity index (χ0v) is 20.8. The van der Waals surface area contributed by atoms with E-state index in [-0.39, 0.29) is 11.8 Å². The summed E-state index contributed by atoms with van der Waals surface area (Å²) in [5.41, 5.74) is 3.81. The lowest BCUT2D eigenvalue weighted by molar-refractivity contribution is -0.125. The summed E-state index contributed by atoms with van der Waals surface area (Å²) >= 11 is 0. The number of rotatable bonds is 7. The fraction of sp³-hybridized carbons (Fsp3) is 0.333. The number of benzene rings is 2. The number of methoxy groups -OCH3 is 2. The van der Waals surface area contributed by atoms with E-state index in [0.29, 0.717) is 23.7 Å². The Hall–Kier alpha value is -4.14. The summed E-state index contributed by atoms with van der Waals surface area (Å²) in [7, 11) is 3.21. The Morgan fingerprint density at radius 1 is 1.03 bits per heavy atom. The number of nitrogens with one attached hydrogen (secondary N) is 1. The monoisotopic (exact) mass is 486 g/mol. The van der Waals surface area contributed by atoms with E-state index in [1.165, 1.54) is 5.56 Å². The smallest absolute Gasteiger partial charge is 0.223 e. The predicted octanol–water partition coefficient (Wildman–Crippen LogP) is 3.67. The van der Waals surface area contributed by atoms with Crippen molar-refractivity contribution in [2.75, 3.05) is 32.2 Å². The average Bonchev–Trinajstić information content (AvgIpc) is 3.36. The number of carbonyl (C=O) groups excluding carboxylic acids is 1. The van der Waals surface area contributed by atoms with Crippen molar-refractivity contribution in [3.63, 3.8) is 0 Å².